The molecule has 1 fully saturated rings. The second-order valence-electron chi connectivity index (χ2n) is 7.06. The lowest BCUT2D eigenvalue weighted by atomic mass is 9.99. The topological polar surface area (TPSA) is 45.9 Å². The first kappa shape index (κ1) is 18.7. The first-order chi connectivity index (χ1) is 12.5. The number of carbonyl (C=O) groups excluding carboxylic acids is 1. The number of hydrogen-bond donors (Lipinski definition) is 0. The number of nitrogens with zero attached hydrogens (tertiary/aromatic N) is 2. The minimum absolute atomic E-state index is 0.0360. The van der Waals surface area contributed by atoms with Crippen LogP contribution in [0.3, 0.4) is 0 Å². The van der Waals surface area contributed by atoms with Crippen LogP contribution in [-0.4, -0.2) is 49.0 Å². The first-order valence-electron chi connectivity index (χ1n) is 9.17. The lowest BCUT2D eigenvalue weighted by Crippen LogP contribution is -2.49. The van der Waals surface area contributed by atoms with Gasteiger partial charge in [0.2, 0.25) is 0 Å². The SMILES string of the molecule is COCc1ccc(C(=O)N2CCN(C(C)c3ccc(C)cc3C)CC2)o1. The Bertz CT molecular complexity index is 760. The summed E-state index contributed by atoms with van der Waals surface area (Å²) in [4.78, 5) is 16.9. The summed E-state index contributed by atoms with van der Waals surface area (Å²) in [7, 11) is 1.61. The van der Waals surface area contributed by atoms with E-state index in [9.17, 15) is 4.79 Å². The Morgan fingerprint density at radius 3 is 2.54 bits per heavy atom. The summed E-state index contributed by atoms with van der Waals surface area (Å²) in [5.74, 6) is 1.04. The molecule has 2 heterocycles. The molecule has 0 aliphatic carbocycles. The highest BCUT2D eigenvalue weighted by Crippen LogP contribution is 2.25. The third-order valence-corrected chi connectivity index (χ3v) is 5.18. The normalized spacial score (nSPS) is 16.7. The molecule has 26 heavy (non-hydrogen) atoms. The Kier molecular flexibility index (Phi) is 5.79. The van der Waals surface area contributed by atoms with Gasteiger partial charge in [-0.25, -0.2) is 0 Å². The zero-order valence-corrected chi connectivity index (χ0v) is 16.1. The lowest BCUT2D eigenvalue weighted by molar-refractivity contribution is 0.0547. The van der Waals surface area contributed by atoms with Crippen molar-refractivity contribution in [1.82, 2.24) is 9.80 Å². The smallest absolute Gasteiger partial charge is 0.289 e. The van der Waals surface area contributed by atoms with Crippen molar-refractivity contribution in [3.8, 4) is 0 Å². The van der Waals surface area contributed by atoms with Gasteiger partial charge in [0.25, 0.3) is 5.91 Å². The maximum atomic E-state index is 12.6. The van der Waals surface area contributed by atoms with Crippen molar-refractivity contribution in [2.24, 2.45) is 0 Å². The van der Waals surface area contributed by atoms with E-state index in [1.165, 1.54) is 16.7 Å². The molecule has 140 valence electrons. The molecule has 0 saturated carbocycles. The third-order valence-electron chi connectivity index (χ3n) is 5.18. The van der Waals surface area contributed by atoms with Gasteiger partial charge in [-0.1, -0.05) is 23.8 Å². The Morgan fingerprint density at radius 1 is 1.15 bits per heavy atom. The van der Waals surface area contributed by atoms with E-state index >= 15 is 0 Å². The molecule has 1 unspecified atom stereocenters. The number of rotatable bonds is 5. The second kappa shape index (κ2) is 8.06. The van der Waals surface area contributed by atoms with E-state index < -0.39 is 0 Å². The highest BCUT2D eigenvalue weighted by molar-refractivity contribution is 5.91. The van der Waals surface area contributed by atoms with Crippen LogP contribution in [0.25, 0.3) is 0 Å². The van der Waals surface area contributed by atoms with Crippen LogP contribution in [-0.2, 0) is 11.3 Å². The molecule has 1 saturated heterocycles. The molecule has 1 aliphatic rings. The van der Waals surface area contributed by atoms with Crippen LogP contribution in [0.15, 0.2) is 34.7 Å². The Morgan fingerprint density at radius 2 is 1.88 bits per heavy atom. The van der Waals surface area contributed by atoms with Crippen LogP contribution in [0, 0.1) is 13.8 Å². The van der Waals surface area contributed by atoms with E-state index in [0.717, 1.165) is 13.1 Å². The monoisotopic (exact) mass is 356 g/mol. The number of benzene rings is 1. The van der Waals surface area contributed by atoms with Gasteiger partial charge in [-0.2, -0.15) is 0 Å². The summed E-state index contributed by atoms with van der Waals surface area (Å²) in [6, 6.07) is 10.5. The van der Waals surface area contributed by atoms with Crippen molar-refractivity contribution in [3.63, 3.8) is 0 Å². The maximum absolute atomic E-state index is 12.6. The van der Waals surface area contributed by atoms with Gasteiger partial charge in [0.15, 0.2) is 5.76 Å². The molecule has 2 aromatic rings. The van der Waals surface area contributed by atoms with Crippen LogP contribution in [0.1, 0.15) is 46.0 Å². The summed E-state index contributed by atoms with van der Waals surface area (Å²) in [5.41, 5.74) is 3.99. The standard InChI is InChI=1S/C21H28N2O3/c1-15-5-7-19(16(2)13-15)17(3)22-9-11-23(12-10-22)21(24)20-8-6-18(26-20)14-25-4/h5-8,13,17H,9-12,14H2,1-4H3. The number of methoxy groups -OCH3 is 1. The summed E-state index contributed by atoms with van der Waals surface area (Å²) in [5, 5.41) is 0. The fraction of sp³-hybridized carbons (Fsp3) is 0.476. The molecular weight excluding hydrogens is 328 g/mol. The van der Waals surface area contributed by atoms with Crippen LogP contribution >= 0.6 is 0 Å². The second-order valence-corrected chi connectivity index (χ2v) is 7.06. The zero-order chi connectivity index (χ0) is 18.7. The molecule has 3 rings (SSSR count). The van der Waals surface area contributed by atoms with Crippen LogP contribution in [0.2, 0.25) is 0 Å². The molecule has 1 aromatic carbocycles. The Balaban J connectivity index is 1.60. The van der Waals surface area contributed by atoms with E-state index in [1.807, 2.05) is 4.90 Å². The van der Waals surface area contributed by atoms with E-state index in [1.54, 1.807) is 19.2 Å². The van der Waals surface area contributed by atoms with Crippen molar-refractivity contribution in [3.05, 3.63) is 58.5 Å². The molecule has 0 N–H and O–H groups in total. The molecule has 0 bridgehead atoms. The zero-order valence-electron chi connectivity index (χ0n) is 16.1. The van der Waals surface area contributed by atoms with Crippen LogP contribution in [0.4, 0.5) is 0 Å². The van der Waals surface area contributed by atoms with Gasteiger partial charge in [0.1, 0.15) is 12.4 Å². The predicted octanol–water partition coefficient (Wildman–Crippen LogP) is 3.56. The minimum atomic E-state index is -0.0360. The van der Waals surface area contributed by atoms with Crippen molar-refractivity contribution >= 4 is 5.91 Å². The van der Waals surface area contributed by atoms with Crippen molar-refractivity contribution < 1.29 is 13.9 Å². The summed E-state index contributed by atoms with van der Waals surface area (Å²) < 4.78 is 10.6. The molecule has 5 nitrogen and oxygen atoms in total. The predicted molar refractivity (Wildman–Crippen MR) is 101 cm³/mol. The summed E-state index contributed by atoms with van der Waals surface area (Å²) >= 11 is 0. The molecular formula is C21H28N2O3. The molecule has 5 heteroatoms. The van der Waals surface area contributed by atoms with Crippen LogP contribution < -0.4 is 0 Å². The molecule has 1 atom stereocenters. The maximum Gasteiger partial charge on any atom is 0.289 e. The molecule has 1 aliphatic heterocycles. The fourth-order valence-corrected chi connectivity index (χ4v) is 3.67. The highest BCUT2D eigenvalue weighted by atomic mass is 16.5. The Labute approximate surface area is 155 Å². The first-order valence-corrected chi connectivity index (χ1v) is 9.17. The lowest BCUT2D eigenvalue weighted by Gasteiger charge is -2.38. The van der Waals surface area contributed by atoms with Gasteiger partial charge in [0, 0.05) is 39.3 Å². The highest BCUT2D eigenvalue weighted by Gasteiger charge is 2.27. The van der Waals surface area contributed by atoms with E-state index in [-0.39, 0.29) is 5.91 Å². The summed E-state index contributed by atoms with van der Waals surface area (Å²) in [6.07, 6.45) is 0. The number of hydrogen-bond acceptors (Lipinski definition) is 4. The van der Waals surface area contributed by atoms with E-state index in [0.29, 0.717) is 37.3 Å². The summed E-state index contributed by atoms with van der Waals surface area (Å²) in [6.45, 7) is 10.1. The average molecular weight is 356 g/mol. The molecule has 1 amide bonds. The number of amides is 1. The molecule has 1 aromatic heterocycles. The van der Waals surface area contributed by atoms with E-state index in [4.69, 9.17) is 9.15 Å². The van der Waals surface area contributed by atoms with Gasteiger partial charge in [-0.05, 0) is 44.0 Å². The van der Waals surface area contributed by atoms with Gasteiger partial charge >= 0.3 is 0 Å². The van der Waals surface area contributed by atoms with Crippen molar-refractivity contribution in [1.29, 1.82) is 0 Å². The molecule has 0 spiro atoms. The number of carbonyl (C=O) groups is 1. The minimum Gasteiger partial charge on any atom is -0.453 e. The van der Waals surface area contributed by atoms with Gasteiger partial charge in [-0.3, -0.25) is 9.69 Å². The largest absolute Gasteiger partial charge is 0.453 e. The number of ether oxygens (including phenoxy) is 1. The number of piperazine rings is 1. The Hall–Kier alpha value is -2.11. The van der Waals surface area contributed by atoms with E-state index in [2.05, 4.69) is 43.9 Å². The van der Waals surface area contributed by atoms with Crippen LogP contribution in [0.5, 0.6) is 0 Å². The van der Waals surface area contributed by atoms with Gasteiger partial charge in [-0.15, -0.1) is 0 Å². The van der Waals surface area contributed by atoms with Gasteiger partial charge < -0.3 is 14.1 Å². The van der Waals surface area contributed by atoms with Crippen molar-refractivity contribution in [2.45, 2.75) is 33.4 Å². The molecule has 0 radical (unpaired) electrons. The number of furan rings is 1. The quantitative estimate of drug-likeness (QED) is 0.822. The average Bonchev–Trinajstić information content (AvgIpc) is 3.10. The van der Waals surface area contributed by atoms with Gasteiger partial charge in [0.05, 0.1) is 0 Å². The third kappa shape index (κ3) is 4.00. The fourth-order valence-electron chi connectivity index (χ4n) is 3.67. The number of aryl methyl sites for hydroxylation is 2. The van der Waals surface area contributed by atoms with Crippen molar-refractivity contribution in [2.75, 3.05) is 33.3 Å².